The Morgan fingerprint density at radius 2 is 1.66 bits per heavy atom. The molecule has 0 saturated carbocycles. The molecular weight excluding hydrogens is 430 g/mol. The largest absolute Gasteiger partial charge is 0.484 e. The number of nitrogens with zero attached hydrogens (tertiary/aromatic N) is 1. The maximum absolute atomic E-state index is 13.2. The summed E-state index contributed by atoms with van der Waals surface area (Å²) < 4.78 is 5.59. The molecule has 4 rings (SSSR count). The molecule has 2 N–H and O–H groups in total. The van der Waals surface area contributed by atoms with E-state index in [0.29, 0.717) is 27.8 Å². The van der Waals surface area contributed by atoms with Crippen LogP contribution in [0.25, 0.3) is 0 Å². The number of fused-ring (bicyclic) bond motifs is 1. The number of hydrogen-bond acceptors (Lipinski definition) is 4. The fourth-order valence-corrected chi connectivity index (χ4v) is 3.56. The highest BCUT2D eigenvalue weighted by Crippen LogP contribution is 2.33. The molecule has 0 bridgehead atoms. The van der Waals surface area contributed by atoms with Crippen molar-refractivity contribution in [2.75, 3.05) is 22.1 Å². The van der Waals surface area contributed by atoms with E-state index in [1.54, 1.807) is 72.8 Å². The van der Waals surface area contributed by atoms with E-state index in [-0.39, 0.29) is 18.9 Å². The maximum Gasteiger partial charge on any atom is 0.265 e. The lowest BCUT2D eigenvalue weighted by Crippen LogP contribution is -2.53. The number of ether oxygens (including phenoxy) is 1. The first kappa shape index (κ1) is 21.4. The Morgan fingerprint density at radius 3 is 2.41 bits per heavy atom. The fourth-order valence-electron chi connectivity index (χ4n) is 3.44. The topological polar surface area (TPSA) is 87.7 Å². The van der Waals surface area contributed by atoms with Crippen molar-refractivity contribution in [2.45, 2.75) is 12.5 Å². The molecule has 0 unspecified atom stereocenters. The Balaban J connectivity index is 1.54. The monoisotopic (exact) mass is 449 g/mol. The minimum absolute atomic E-state index is 0.207. The summed E-state index contributed by atoms with van der Waals surface area (Å²) in [6, 6.07) is 21.5. The van der Waals surface area contributed by atoms with Gasteiger partial charge in [-0.15, -0.1) is 0 Å². The Kier molecular flexibility index (Phi) is 6.37. The molecule has 3 amide bonds. The van der Waals surface area contributed by atoms with Gasteiger partial charge >= 0.3 is 0 Å². The van der Waals surface area contributed by atoms with Crippen molar-refractivity contribution in [2.24, 2.45) is 0 Å². The zero-order valence-electron chi connectivity index (χ0n) is 17.0. The lowest BCUT2D eigenvalue weighted by molar-refractivity contribution is -0.127. The SMILES string of the molecule is O=C(C[C@@H]1C(=O)Nc2ccccc2N1C(=O)COc1ccc(Cl)cc1)Nc1ccccc1. The fraction of sp³-hybridized carbons (Fsp3) is 0.125. The van der Waals surface area contributed by atoms with Crippen molar-refractivity contribution in [1.82, 2.24) is 0 Å². The van der Waals surface area contributed by atoms with Crippen LogP contribution in [0.5, 0.6) is 5.75 Å². The van der Waals surface area contributed by atoms with Crippen molar-refractivity contribution >= 4 is 46.4 Å². The normalized spacial score (nSPS) is 14.8. The van der Waals surface area contributed by atoms with Crippen LogP contribution in [0, 0.1) is 0 Å². The summed E-state index contributed by atoms with van der Waals surface area (Å²) in [5.74, 6) is -0.797. The van der Waals surface area contributed by atoms with E-state index in [1.807, 2.05) is 6.07 Å². The first-order chi connectivity index (χ1) is 15.5. The lowest BCUT2D eigenvalue weighted by Gasteiger charge is -2.36. The van der Waals surface area contributed by atoms with Crippen molar-refractivity contribution in [3.63, 3.8) is 0 Å². The molecule has 3 aromatic carbocycles. The number of carbonyl (C=O) groups is 3. The van der Waals surface area contributed by atoms with E-state index in [9.17, 15) is 14.4 Å². The smallest absolute Gasteiger partial charge is 0.265 e. The van der Waals surface area contributed by atoms with Crippen LogP contribution in [0.15, 0.2) is 78.9 Å². The molecule has 3 aromatic rings. The molecule has 0 aromatic heterocycles. The van der Waals surface area contributed by atoms with Gasteiger partial charge in [0.15, 0.2) is 6.61 Å². The summed E-state index contributed by atoms with van der Waals surface area (Å²) in [7, 11) is 0. The van der Waals surface area contributed by atoms with E-state index in [0.717, 1.165) is 0 Å². The Labute approximate surface area is 189 Å². The highest BCUT2D eigenvalue weighted by atomic mass is 35.5. The number of halogens is 1. The zero-order valence-corrected chi connectivity index (χ0v) is 17.7. The predicted molar refractivity (Wildman–Crippen MR) is 123 cm³/mol. The minimum Gasteiger partial charge on any atom is -0.484 e. The van der Waals surface area contributed by atoms with E-state index in [2.05, 4.69) is 10.6 Å². The van der Waals surface area contributed by atoms with Crippen molar-refractivity contribution in [3.8, 4) is 5.75 Å². The highest BCUT2D eigenvalue weighted by molar-refractivity contribution is 6.30. The average molecular weight is 450 g/mol. The molecule has 1 heterocycles. The summed E-state index contributed by atoms with van der Waals surface area (Å²) in [4.78, 5) is 40.0. The third-order valence-electron chi connectivity index (χ3n) is 4.92. The highest BCUT2D eigenvalue weighted by Gasteiger charge is 2.38. The van der Waals surface area contributed by atoms with Crippen LogP contribution in [0.2, 0.25) is 5.02 Å². The lowest BCUT2D eigenvalue weighted by atomic mass is 10.0. The van der Waals surface area contributed by atoms with Crippen LogP contribution in [0.4, 0.5) is 17.1 Å². The number of nitrogens with one attached hydrogen (secondary N) is 2. The summed E-state index contributed by atoms with van der Waals surface area (Å²) in [5.41, 5.74) is 1.62. The van der Waals surface area contributed by atoms with E-state index in [1.165, 1.54) is 4.90 Å². The quantitative estimate of drug-likeness (QED) is 0.593. The Morgan fingerprint density at radius 1 is 0.969 bits per heavy atom. The number of carbonyl (C=O) groups excluding carboxylic acids is 3. The molecule has 1 aliphatic heterocycles. The minimum atomic E-state index is -1.02. The van der Waals surface area contributed by atoms with E-state index in [4.69, 9.17) is 16.3 Å². The molecule has 0 saturated heterocycles. The third-order valence-corrected chi connectivity index (χ3v) is 5.17. The van der Waals surface area contributed by atoms with Crippen molar-refractivity contribution in [1.29, 1.82) is 0 Å². The number of hydrogen-bond donors (Lipinski definition) is 2. The van der Waals surface area contributed by atoms with E-state index >= 15 is 0 Å². The third kappa shape index (κ3) is 4.90. The Hall–Kier alpha value is -3.84. The van der Waals surface area contributed by atoms with Crippen molar-refractivity contribution < 1.29 is 19.1 Å². The van der Waals surface area contributed by atoms with Gasteiger partial charge in [-0.1, -0.05) is 41.9 Å². The number of anilines is 3. The first-order valence-corrected chi connectivity index (χ1v) is 10.3. The van der Waals surface area contributed by atoms with Gasteiger partial charge in [0.25, 0.3) is 5.91 Å². The van der Waals surface area contributed by atoms with Gasteiger partial charge in [-0.25, -0.2) is 0 Å². The van der Waals surface area contributed by atoms with Gasteiger partial charge in [-0.05, 0) is 48.5 Å². The molecule has 7 nitrogen and oxygen atoms in total. The molecule has 0 radical (unpaired) electrons. The summed E-state index contributed by atoms with van der Waals surface area (Å²) in [6.07, 6.45) is -0.207. The number of amides is 3. The van der Waals surface area contributed by atoms with Crippen LogP contribution in [0.3, 0.4) is 0 Å². The van der Waals surface area contributed by atoms with Gasteiger partial charge in [0.2, 0.25) is 11.8 Å². The van der Waals surface area contributed by atoms with Crippen LogP contribution in [-0.2, 0) is 14.4 Å². The average Bonchev–Trinajstić information content (AvgIpc) is 2.79. The molecule has 0 aliphatic carbocycles. The van der Waals surface area contributed by atoms with Gasteiger partial charge in [0, 0.05) is 10.7 Å². The molecule has 0 fully saturated rings. The maximum atomic E-state index is 13.2. The number of rotatable bonds is 6. The molecule has 162 valence electrons. The van der Waals surface area contributed by atoms with Crippen LogP contribution >= 0.6 is 11.6 Å². The van der Waals surface area contributed by atoms with Crippen LogP contribution in [0.1, 0.15) is 6.42 Å². The molecule has 1 atom stereocenters. The molecule has 1 aliphatic rings. The summed E-state index contributed by atoms with van der Waals surface area (Å²) in [6.45, 7) is -0.306. The second kappa shape index (κ2) is 9.53. The molecular formula is C24H20ClN3O4. The summed E-state index contributed by atoms with van der Waals surface area (Å²) >= 11 is 5.88. The predicted octanol–water partition coefficient (Wildman–Crippen LogP) is 4.10. The standard InChI is InChI=1S/C24H20ClN3O4/c25-16-10-12-18(13-11-16)32-15-23(30)28-20-9-5-4-8-19(20)27-24(31)21(28)14-22(29)26-17-6-2-1-3-7-17/h1-13,21H,14-15H2,(H,26,29)(H,27,31)/t21-/m1/s1. The van der Waals surface area contributed by atoms with Gasteiger partial charge in [0.05, 0.1) is 17.8 Å². The Bertz CT molecular complexity index is 1140. The van der Waals surface area contributed by atoms with Gasteiger partial charge in [0.1, 0.15) is 11.8 Å². The molecule has 8 heteroatoms. The second-order valence-electron chi connectivity index (χ2n) is 7.15. The second-order valence-corrected chi connectivity index (χ2v) is 7.58. The van der Waals surface area contributed by atoms with Crippen LogP contribution < -0.4 is 20.3 Å². The van der Waals surface area contributed by atoms with Crippen LogP contribution in [-0.4, -0.2) is 30.4 Å². The molecule has 0 spiro atoms. The first-order valence-electron chi connectivity index (χ1n) is 9.96. The van der Waals surface area contributed by atoms with Gasteiger partial charge in [-0.2, -0.15) is 0 Å². The van der Waals surface area contributed by atoms with E-state index < -0.39 is 17.9 Å². The van der Waals surface area contributed by atoms with Gasteiger partial charge in [-0.3, -0.25) is 19.3 Å². The van der Waals surface area contributed by atoms with Crippen molar-refractivity contribution in [3.05, 3.63) is 83.9 Å². The zero-order chi connectivity index (χ0) is 22.5. The summed E-state index contributed by atoms with van der Waals surface area (Å²) in [5, 5.41) is 6.08. The number of para-hydroxylation sites is 3. The number of benzene rings is 3. The van der Waals surface area contributed by atoms with Gasteiger partial charge < -0.3 is 15.4 Å². The molecule has 32 heavy (non-hydrogen) atoms.